The van der Waals surface area contributed by atoms with Gasteiger partial charge in [-0.25, -0.2) is 0 Å². The molecule has 1 heteroatoms. The van der Waals surface area contributed by atoms with Gasteiger partial charge in [-0.2, -0.15) is 0 Å². The molecule has 0 aliphatic heterocycles. The van der Waals surface area contributed by atoms with E-state index in [1.54, 1.807) is 0 Å². The lowest BCUT2D eigenvalue weighted by molar-refractivity contribution is 1.40. The third-order valence-electron chi connectivity index (χ3n) is 3.46. The summed E-state index contributed by atoms with van der Waals surface area (Å²) in [5, 5.41) is 2.68. The molecule has 0 nitrogen and oxygen atoms in total. The SMILES string of the molecule is C=C/C=C(\C=C(C)C)c1cccc2c1sc1ccccc12. The van der Waals surface area contributed by atoms with Gasteiger partial charge in [0.05, 0.1) is 0 Å². The summed E-state index contributed by atoms with van der Waals surface area (Å²) in [6.45, 7) is 8.11. The molecule has 0 aliphatic rings. The number of rotatable bonds is 3. The Bertz CT molecular complexity index is 871. The number of allylic oxidation sites excluding steroid dienone is 5. The van der Waals surface area contributed by atoms with Gasteiger partial charge in [-0.05, 0) is 31.1 Å². The Hall–Kier alpha value is -2.12. The fourth-order valence-corrected chi connectivity index (χ4v) is 3.87. The summed E-state index contributed by atoms with van der Waals surface area (Å²) < 4.78 is 2.69. The first-order chi connectivity index (χ1) is 10.2. The van der Waals surface area contributed by atoms with Crippen LogP contribution in [0.3, 0.4) is 0 Å². The number of hydrogen-bond acceptors (Lipinski definition) is 1. The van der Waals surface area contributed by atoms with Crippen LogP contribution in [0.4, 0.5) is 0 Å². The van der Waals surface area contributed by atoms with Crippen LogP contribution < -0.4 is 0 Å². The second kappa shape index (κ2) is 5.71. The van der Waals surface area contributed by atoms with E-state index >= 15 is 0 Å². The molecular formula is C20H18S. The van der Waals surface area contributed by atoms with Crippen LogP contribution in [0.25, 0.3) is 25.7 Å². The predicted octanol–water partition coefficient (Wildman–Crippen LogP) is 6.59. The first-order valence-electron chi connectivity index (χ1n) is 7.09. The molecule has 1 aromatic heterocycles. The van der Waals surface area contributed by atoms with E-state index in [0.717, 1.165) is 0 Å². The molecule has 0 atom stereocenters. The highest BCUT2D eigenvalue weighted by Gasteiger charge is 2.10. The van der Waals surface area contributed by atoms with E-state index in [1.165, 1.54) is 36.9 Å². The molecule has 0 aliphatic carbocycles. The highest BCUT2D eigenvalue weighted by Crippen LogP contribution is 2.38. The highest BCUT2D eigenvalue weighted by atomic mass is 32.1. The van der Waals surface area contributed by atoms with Crippen LogP contribution >= 0.6 is 11.3 Å². The van der Waals surface area contributed by atoms with E-state index in [0.29, 0.717) is 0 Å². The van der Waals surface area contributed by atoms with Gasteiger partial charge in [-0.1, -0.05) is 66.8 Å². The summed E-state index contributed by atoms with van der Waals surface area (Å²) in [7, 11) is 0. The molecule has 0 saturated heterocycles. The zero-order valence-electron chi connectivity index (χ0n) is 12.4. The molecule has 104 valence electrons. The van der Waals surface area contributed by atoms with E-state index in [1.807, 2.05) is 17.4 Å². The molecule has 0 unspecified atom stereocenters. The maximum atomic E-state index is 3.85. The van der Waals surface area contributed by atoms with E-state index in [2.05, 4.69) is 75.0 Å². The van der Waals surface area contributed by atoms with Crippen LogP contribution in [0.1, 0.15) is 19.4 Å². The van der Waals surface area contributed by atoms with Crippen molar-refractivity contribution < 1.29 is 0 Å². The zero-order chi connectivity index (χ0) is 14.8. The Kier molecular flexibility index (Phi) is 3.76. The lowest BCUT2D eigenvalue weighted by Gasteiger charge is -2.05. The fourth-order valence-electron chi connectivity index (χ4n) is 2.63. The third-order valence-corrected chi connectivity index (χ3v) is 4.68. The number of thiophene rings is 1. The van der Waals surface area contributed by atoms with Gasteiger partial charge < -0.3 is 0 Å². The minimum Gasteiger partial charge on any atom is -0.135 e. The first kappa shape index (κ1) is 13.8. The molecule has 1 heterocycles. The van der Waals surface area contributed by atoms with E-state index in [4.69, 9.17) is 0 Å². The molecule has 21 heavy (non-hydrogen) atoms. The van der Waals surface area contributed by atoms with Gasteiger partial charge in [0.15, 0.2) is 0 Å². The summed E-state index contributed by atoms with van der Waals surface area (Å²) in [6.07, 6.45) is 6.17. The van der Waals surface area contributed by atoms with Crippen molar-refractivity contribution in [1.82, 2.24) is 0 Å². The number of benzene rings is 2. The van der Waals surface area contributed by atoms with Crippen molar-refractivity contribution in [2.24, 2.45) is 0 Å². The largest absolute Gasteiger partial charge is 0.135 e. The lowest BCUT2D eigenvalue weighted by atomic mass is 10.0. The Morgan fingerprint density at radius 2 is 1.76 bits per heavy atom. The molecule has 3 rings (SSSR count). The minimum absolute atomic E-state index is 1.22. The Morgan fingerprint density at radius 3 is 2.52 bits per heavy atom. The quantitative estimate of drug-likeness (QED) is 0.477. The van der Waals surface area contributed by atoms with Crippen LogP contribution in [0.15, 0.2) is 72.8 Å². The smallest absolute Gasteiger partial charge is 0.0433 e. The second-order valence-electron chi connectivity index (χ2n) is 5.36. The monoisotopic (exact) mass is 290 g/mol. The Balaban J connectivity index is 2.34. The Morgan fingerprint density at radius 1 is 1.00 bits per heavy atom. The standard InChI is InChI=1S/C20H18S/c1-4-8-15(13-14(2)3)16-10-7-11-18-17-9-5-6-12-19(17)21-20(16)18/h4-13H,1H2,2-3H3/b15-8+. The molecule has 2 aromatic carbocycles. The predicted molar refractivity (Wildman–Crippen MR) is 96.9 cm³/mol. The average molecular weight is 290 g/mol. The molecule has 0 amide bonds. The van der Waals surface area contributed by atoms with Gasteiger partial charge in [0, 0.05) is 20.2 Å². The van der Waals surface area contributed by atoms with Crippen LogP contribution in [-0.4, -0.2) is 0 Å². The molecular weight excluding hydrogens is 272 g/mol. The van der Waals surface area contributed by atoms with Crippen molar-refractivity contribution in [3.05, 3.63) is 78.4 Å². The van der Waals surface area contributed by atoms with Crippen molar-refractivity contribution in [2.75, 3.05) is 0 Å². The number of hydrogen-bond donors (Lipinski definition) is 0. The number of fused-ring (bicyclic) bond motifs is 3. The van der Waals surface area contributed by atoms with Gasteiger partial charge in [-0.15, -0.1) is 11.3 Å². The van der Waals surface area contributed by atoms with E-state index < -0.39 is 0 Å². The van der Waals surface area contributed by atoms with Crippen LogP contribution in [0, 0.1) is 0 Å². The van der Waals surface area contributed by atoms with Gasteiger partial charge in [0.2, 0.25) is 0 Å². The van der Waals surface area contributed by atoms with Crippen molar-refractivity contribution in [2.45, 2.75) is 13.8 Å². The molecule has 0 spiro atoms. The summed E-state index contributed by atoms with van der Waals surface area (Å²) in [5.41, 5.74) is 3.80. The molecule has 3 aromatic rings. The molecule has 0 N–H and O–H groups in total. The summed E-state index contributed by atoms with van der Waals surface area (Å²) >= 11 is 1.87. The zero-order valence-corrected chi connectivity index (χ0v) is 13.2. The van der Waals surface area contributed by atoms with Crippen LogP contribution in [0.2, 0.25) is 0 Å². The van der Waals surface area contributed by atoms with Crippen LogP contribution in [0.5, 0.6) is 0 Å². The second-order valence-corrected chi connectivity index (χ2v) is 6.41. The molecule has 0 saturated carbocycles. The molecule has 0 fully saturated rings. The van der Waals surface area contributed by atoms with Crippen molar-refractivity contribution >= 4 is 37.1 Å². The molecule has 0 bridgehead atoms. The normalized spacial score (nSPS) is 11.8. The van der Waals surface area contributed by atoms with Crippen molar-refractivity contribution in [3.63, 3.8) is 0 Å². The van der Waals surface area contributed by atoms with E-state index in [9.17, 15) is 0 Å². The van der Waals surface area contributed by atoms with Crippen LogP contribution in [-0.2, 0) is 0 Å². The van der Waals surface area contributed by atoms with Gasteiger partial charge >= 0.3 is 0 Å². The third kappa shape index (κ3) is 2.57. The summed E-state index contributed by atoms with van der Waals surface area (Å²) in [6, 6.07) is 15.2. The summed E-state index contributed by atoms with van der Waals surface area (Å²) in [4.78, 5) is 0. The maximum Gasteiger partial charge on any atom is 0.0433 e. The summed E-state index contributed by atoms with van der Waals surface area (Å²) in [5.74, 6) is 0. The Labute approximate surface area is 129 Å². The molecule has 0 radical (unpaired) electrons. The highest BCUT2D eigenvalue weighted by molar-refractivity contribution is 7.26. The maximum absolute atomic E-state index is 3.85. The minimum atomic E-state index is 1.22. The van der Waals surface area contributed by atoms with Crippen molar-refractivity contribution in [1.29, 1.82) is 0 Å². The van der Waals surface area contributed by atoms with E-state index in [-0.39, 0.29) is 0 Å². The lowest BCUT2D eigenvalue weighted by Crippen LogP contribution is -1.82. The first-order valence-corrected chi connectivity index (χ1v) is 7.90. The fraction of sp³-hybridized carbons (Fsp3) is 0.100. The van der Waals surface area contributed by atoms with Crippen molar-refractivity contribution in [3.8, 4) is 0 Å². The average Bonchev–Trinajstić information content (AvgIpc) is 2.85. The topological polar surface area (TPSA) is 0 Å². The van der Waals surface area contributed by atoms with Gasteiger partial charge in [-0.3, -0.25) is 0 Å². The van der Waals surface area contributed by atoms with Gasteiger partial charge in [0.25, 0.3) is 0 Å². The van der Waals surface area contributed by atoms with Gasteiger partial charge in [0.1, 0.15) is 0 Å².